The second-order valence-corrected chi connectivity index (χ2v) is 6.09. The minimum absolute atomic E-state index is 0.207. The first-order valence-electron chi connectivity index (χ1n) is 7.27. The molecule has 1 atom stereocenters. The zero-order chi connectivity index (χ0) is 14.3. The molecular formula is C14H28N2O3. The van der Waals surface area contributed by atoms with Crippen LogP contribution in [0, 0.1) is 0 Å². The number of nitrogens with one attached hydrogen (secondary N) is 1. The quantitative estimate of drug-likeness (QED) is 0.617. The summed E-state index contributed by atoms with van der Waals surface area (Å²) in [7, 11) is 0. The number of ether oxygens (including phenoxy) is 1. The molecule has 0 radical (unpaired) electrons. The molecule has 0 aliphatic carbocycles. The van der Waals surface area contributed by atoms with E-state index in [1.807, 2.05) is 20.8 Å². The standard InChI is InChI=1S/C14H28N2O3/c1-5-6-10-18-15-12-8-7-9-16(11-12)13(17)19-14(2,3)4/h12,15H,5-11H2,1-4H3/t12-/m1/s1. The number of nitrogens with zero attached hydrogens (tertiary/aromatic N) is 1. The van der Waals surface area contributed by atoms with Crippen molar-refractivity contribution in [2.75, 3.05) is 19.7 Å². The smallest absolute Gasteiger partial charge is 0.410 e. The van der Waals surface area contributed by atoms with Crippen molar-refractivity contribution in [3.05, 3.63) is 0 Å². The molecule has 0 aromatic rings. The monoisotopic (exact) mass is 272 g/mol. The highest BCUT2D eigenvalue weighted by molar-refractivity contribution is 5.68. The van der Waals surface area contributed by atoms with Gasteiger partial charge in [0.1, 0.15) is 5.60 Å². The van der Waals surface area contributed by atoms with Gasteiger partial charge < -0.3 is 14.5 Å². The first kappa shape index (κ1) is 16.2. The molecule has 0 saturated carbocycles. The van der Waals surface area contributed by atoms with Crippen LogP contribution in [-0.2, 0) is 9.57 Å². The molecular weight excluding hydrogens is 244 g/mol. The molecule has 0 aromatic heterocycles. The van der Waals surface area contributed by atoms with Crippen molar-refractivity contribution in [2.45, 2.75) is 65.0 Å². The summed E-state index contributed by atoms with van der Waals surface area (Å²) < 4.78 is 5.39. The van der Waals surface area contributed by atoms with Crippen LogP contribution < -0.4 is 5.48 Å². The number of likely N-dealkylation sites (tertiary alicyclic amines) is 1. The maximum Gasteiger partial charge on any atom is 0.410 e. The highest BCUT2D eigenvalue weighted by Crippen LogP contribution is 2.15. The summed E-state index contributed by atoms with van der Waals surface area (Å²) in [6.45, 7) is 9.94. The van der Waals surface area contributed by atoms with E-state index < -0.39 is 5.60 Å². The first-order valence-corrected chi connectivity index (χ1v) is 7.27. The van der Waals surface area contributed by atoms with Gasteiger partial charge in [0.25, 0.3) is 0 Å². The van der Waals surface area contributed by atoms with Crippen LogP contribution in [0.2, 0.25) is 0 Å². The van der Waals surface area contributed by atoms with Crippen LogP contribution in [0.25, 0.3) is 0 Å². The molecule has 1 amide bonds. The van der Waals surface area contributed by atoms with Crippen molar-refractivity contribution < 1.29 is 14.4 Å². The van der Waals surface area contributed by atoms with Gasteiger partial charge in [0.15, 0.2) is 0 Å². The van der Waals surface area contributed by atoms with Gasteiger partial charge in [0.2, 0.25) is 0 Å². The predicted octanol–water partition coefficient (Wildman–Crippen LogP) is 2.71. The zero-order valence-electron chi connectivity index (χ0n) is 12.7. The molecule has 0 aromatic carbocycles. The number of hydrogen-bond acceptors (Lipinski definition) is 4. The molecule has 19 heavy (non-hydrogen) atoms. The van der Waals surface area contributed by atoms with E-state index in [9.17, 15) is 4.79 Å². The fourth-order valence-electron chi connectivity index (χ4n) is 1.96. The van der Waals surface area contributed by atoms with Gasteiger partial charge in [-0.3, -0.25) is 0 Å². The van der Waals surface area contributed by atoms with Gasteiger partial charge in [-0.15, -0.1) is 0 Å². The number of hydrogen-bond donors (Lipinski definition) is 1. The molecule has 1 N–H and O–H groups in total. The zero-order valence-corrected chi connectivity index (χ0v) is 12.7. The van der Waals surface area contributed by atoms with Gasteiger partial charge in [-0.1, -0.05) is 13.3 Å². The van der Waals surface area contributed by atoms with Gasteiger partial charge in [-0.2, -0.15) is 5.48 Å². The van der Waals surface area contributed by atoms with Gasteiger partial charge >= 0.3 is 6.09 Å². The molecule has 1 aliphatic rings. The third-order valence-electron chi connectivity index (χ3n) is 2.92. The summed E-state index contributed by atoms with van der Waals surface area (Å²) in [5.41, 5.74) is 2.62. The Morgan fingerprint density at radius 3 is 2.79 bits per heavy atom. The minimum Gasteiger partial charge on any atom is -0.444 e. The number of amides is 1. The second kappa shape index (κ2) is 7.70. The number of piperidine rings is 1. The fourth-order valence-corrected chi connectivity index (χ4v) is 1.96. The van der Waals surface area contributed by atoms with E-state index in [4.69, 9.17) is 9.57 Å². The first-order chi connectivity index (χ1) is 8.92. The Kier molecular flexibility index (Phi) is 6.58. The van der Waals surface area contributed by atoms with Crippen LogP contribution >= 0.6 is 0 Å². The van der Waals surface area contributed by atoms with E-state index in [1.165, 1.54) is 0 Å². The number of carbonyl (C=O) groups is 1. The van der Waals surface area contributed by atoms with E-state index in [-0.39, 0.29) is 12.1 Å². The third-order valence-corrected chi connectivity index (χ3v) is 2.92. The average molecular weight is 272 g/mol. The van der Waals surface area contributed by atoms with Crippen LogP contribution in [0.5, 0.6) is 0 Å². The number of rotatable bonds is 5. The topological polar surface area (TPSA) is 50.8 Å². The van der Waals surface area contributed by atoms with E-state index in [1.54, 1.807) is 4.90 Å². The van der Waals surface area contributed by atoms with E-state index >= 15 is 0 Å². The SMILES string of the molecule is CCCCON[C@@H]1CCCN(C(=O)OC(C)(C)C)C1. The summed E-state index contributed by atoms with van der Waals surface area (Å²) in [6.07, 6.45) is 3.96. The van der Waals surface area contributed by atoms with Gasteiger partial charge in [0.05, 0.1) is 6.61 Å². The maximum absolute atomic E-state index is 12.0. The van der Waals surface area contributed by atoms with Gasteiger partial charge in [-0.05, 0) is 40.0 Å². The van der Waals surface area contributed by atoms with Crippen molar-refractivity contribution >= 4 is 6.09 Å². The molecule has 0 spiro atoms. The van der Waals surface area contributed by atoms with E-state index in [2.05, 4.69) is 12.4 Å². The lowest BCUT2D eigenvalue weighted by Gasteiger charge is -2.34. The molecule has 0 unspecified atom stereocenters. The summed E-state index contributed by atoms with van der Waals surface area (Å²) in [5.74, 6) is 0. The molecule has 1 rings (SSSR count). The molecule has 1 fully saturated rings. The molecule has 1 saturated heterocycles. The summed E-state index contributed by atoms with van der Waals surface area (Å²) in [6, 6.07) is 0.207. The Bertz CT molecular complexity index is 276. The lowest BCUT2D eigenvalue weighted by Crippen LogP contribution is -2.49. The molecule has 0 bridgehead atoms. The predicted molar refractivity (Wildman–Crippen MR) is 74.8 cm³/mol. The Hall–Kier alpha value is -0.810. The highest BCUT2D eigenvalue weighted by Gasteiger charge is 2.27. The fraction of sp³-hybridized carbons (Fsp3) is 0.929. The molecule has 112 valence electrons. The Morgan fingerprint density at radius 1 is 1.42 bits per heavy atom. The largest absolute Gasteiger partial charge is 0.444 e. The van der Waals surface area contributed by atoms with Crippen molar-refractivity contribution in [2.24, 2.45) is 0 Å². The Morgan fingerprint density at radius 2 is 2.16 bits per heavy atom. The van der Waals surface area contributed by atoms with Gasteiger partial charge in [-0.25, -0.2) is 4.79 Å². The van der Waals surface area contributed by atoms with Crippen molar-refractivity contribution in [3.63, 3.8) is 0 Å². The van der Waals surface area contributed by atoms with E-state index in [0.717, 1.165) is 38.8 Å². The van der Waals surface area contributed by atoms with Crippen LogP contribution in [-0.4, -0.2) is 42.3 Å². The highest BCUT2D eigenvalue weighted by atomic mass is 16.6. The van der Waals surface area contributed by atoms with Crippen molar-refractivity contribution in [1.29, 1.82) is 0 Å². The molecule has 1 aliphatic heterocycles. The normalized spacial score (nSPS) is 20.4. The summed E-state index contributed by atoms with van der Waals surface area (Å²) >= 11 is 0. The average Bonchev–Trinajstić information content (AvgIpc) is 2.33. The number of unbranched alkanes of at least 4 members (excludes halogenated alkanes) is 1. The molecule has 5 heteroatoms. The minimum atomic E-state index is -0.435. The van der Waals surface area contributed by atoms with Crippen LogP contribution in [0.4, 0.5) is 4.79 Å². The van der Waals surface area contributed by atoms with Crippen LogP contribution in [0.3, 0.4) is 0 Å². The molecule has 1 heterocycles. The summed E-state index contributed by atoms with van der Waals surface area (Å²) in [5, 5.41) is 0. The molecule has 5 nitrogen and oxygen atoms in total. The van der Waals surface area contributed by atoms with Crippen molar-refractivity contribution in [1.82, 2.24) is 10.4 Å². The number of hydroxylamine groups is 1. The van der Waals surface area contributed by atoms with Crippen LogP contribution in [0.15, 0.2) is 0 Å². The maximum atomic E-state index is 12.0. The lowest BCUT2D eigenvalue weighted by molar-refractivity contribution is -0.0160. The lowest BCUT2D eigenvalue weighted by atomic mass is 10.1. The van der Waals surface area contributed by atoms with Crippen LogP contribution in [0.1, 0.15) is 53.4 Å². The van der Waals surface area contributed by atoms with Crippen molar-refractivity contribution in [3.8, 4) is 0 Å². The Labute approximate surface area is 116 Å². The van der Waals surface area contributed by atoms with Gasteiger partial charge in [0, 0.05) is 19.1 Å². The van der Waals surface area contributed by atoms with E-state index in [0.29, 0.717) is 6.54 Å². The second-order valence-electron chi connectivity index (χ2n) is 6.09. The Balaban J connectivity index is 2.31. The third kappa shape index (κ3) is 6.78. The summed E-state index contributed by atoms with van der Waals surface area (Å²) in [4.78, 5) is 19.1. The number of carbonyl (C=O) groups excluding carboxylic acids is 1.